The van der Waals surface area contributed by atoms with Crippen LogP contribution in [0.3, 0.4) is 0 Å². The van der Waals surface area contributed by atoms with E-state index in [-0.39, 0.29) is 15.6 Å². The number of benzene rings is 1. The molecule has 5 nitrogen and oxygen atoms in total. The second-order valence-corrected chi connectivity index (χ2v) is 7.14. The van der Waals surface area contributed by atoms with Crippen LogP contribution in [0, 0.1) is 6.92 Å². The van der Waals surface area contributed by atoms with Crippen molar-refractivity contribution in [1.29, 1.82) is 0 Å². The van der Waals surface area contributed by atoms with E-state index in [1.165, 1.54) is 18.2 Å². The molecule has 8 heteroatoms. The van der Waals surface area contributed by atoms with Crippen LogP contribution in [0.4, 0.5) is 5.69 Å². The van der Waals surface area contributed by atoms with Gasteiger partial charge in [-0.15, -0.1) is 0 Å². The number of pyridine rings is 1. The number of carbonyl (C=O) groups excluding carboxylic acids is 1. The van der Waals surface area contributed by atoms with Crippen molar-refractivity contribution in [2.24, 2.45) is 0 Å². The lowest BCUT2D eigenvalue weighted by molar-refractivity contribution is 0.102. The number of nitrogens with one attached hydrogen (secondary N) is 1. The van der Waals surface area contributed by atoms with Gasteiger partial charge >= 0.3 is 0 Å². The van der Waals surface area contributed by atoms with Crippen LogP contribution in [0.2, 0.25) is 5.02 Å². The van der Waals surface area contributed by atoms with Crippen molar-refractivity contribution in [2.45, 2.75) is 11.8 Å². The summed E-state index contributed by atoms with van der Waals surface area (Å²) in [4.78, 5) is 15.9. The number of hydrogen-bond donors (Lipinski definition) is 1. The Morgan fingerprint density at radius 1 is 1.24 bits per heavy atom. The van der Waals surface area contributed by atoms with E-state index in [9.17, 15) is 13.2 Å². The van der Waals surface area contributed by atoms with Crippen molar-refractivity contribution in [2.75, 3.05) is 5.32 Å². The van der Waals surface area contributed by atoms with Crippen molar-refractivity contribution in [3.05, 3.63) is 52.8 Å². The molecule has 0 fully saturated rings. The molecule has 1 N–H and O–H groups in total. The molecule has 1 heterocycles. The molecule has 0 aliphatic rings. The van der Waals surface area contributed by atoms with Gasteiger partial charge in [-0.1, -0.05) is 17.7 Å². The Kier molecular flexibility index (Phi) is 4.51. The first kappa shape index (κ1) is 15.8. The molecule has 0 aliphatic carbocycles. The fourth-order valence-electron chi connectivity index (χ4n) is 1.64. The number of aromatic nitrogens is 1. The highest BCUT2D eigenvalue weighted by molar-refractivity contribution is 8.13. The summed E-state index contributed by atoms with van der Waals surface area (Å²) in [7, 11) is 1.30. The number of nitrogens with zero attached hydrogens (tertiary/aromatic N) is 1. The summed E-state index contributed by atoms with van der Waals surface area (Å²) < 4.78 is 22.5. The lowest BCUT2D eigenvalue weighted by Gasteiger charge is -2.07. The molecule has 0 saturated heterocycles. The monoisotopic (exact) mass is 344 g/mol. The van der Waals surface area contributed by atoms with Gasteiger partial charge in [0.05, 0.1) is 5.02 Å². The summed E-state index contributed by atoms with van der Waals surface area (Å²) in [6.07, 6.45) is 0. The first-order chi connectivity index (χ1) is 9.77. The highest BCUT2D eigenvalue weighted by Gasteiger charge is 2.16. The Morgan fingerprint density at radius 3 is 2.52 bits per heavy atom. The zero-order valence-electron chi connectivity index (χ0n) is 10.8. The van der Waals surface area contributed by atoms with Gasteiger partial charge in [0, 0.05) is 22.1 Å². The van der Waals surface area contributed by atoms with Crippen LogP contribution >= 0.6 is 22.3 Å². The molecule has 0 spiro atoms. The molecule has 110 valence electrons. The van der Waals surface area contributed by atoms with E-state index < -0.39 is 15.0 Å². The second kappa shape index (κ2) is 6.01. The summed E-state index contributed by atoms with van der Waals surface area (Å²) in [5, 5.41) is 2.51. The molecular weight excluding hydrogens is 335 g/mol. The van der Waals surface area contributed by atoms with Crippen LogP contribution in [0.25, 0.3) is 0 Å². The van der Waals surface area contributed by atoms with Gasteiger partial charge < -0.3 is 5.32 Å². The van der Waals surface area contributed by atoms with E-state index in [1.807, 2.05) is 0 Å². The zero-order valence-corrected chi connectivity index (χ0v) is 13.1. The molecule has 0 atom stereocenters. The third-order valence-electron chi connectivity index (χ3n) is 2.57. The molecule has 0 aliphatic heterocycles. The molecule has 0 radical (unpaired) electrons. The molecule has 0 bridgehead atoms. The number of rotatable bonds is 3. The number of hydrogen-bond acceptors (Lipinski definition) is 4. The maximum Gasteiger partial charge on any atom is 0.274 e. The predicted octanol–water partition coefficient (Wildman–Crippen LogP) is 3.22. The van der Waals surface area contributed by atoms with Crippen molar-refractivity contribution in [3.63, 3.8) is 0 Å². The Balaban J connectivity index is 2.25. The molecule has 1 amide bonds. The summed E-state index contributed by atoms with van der Waals surface area (Å²) in [5.41, 5.74) is 1.31. The lowest BCUT2D eigenvalue weighted by Crippen LogP contribution is -2.14. The van der Waals surface area contributed by atoms with Gasteiger partial charge in [0.2, 0.25) is 0 Å². The van der Waals surface area contributed by atoms with Gasteiger partial charge in [0.15, 0.2) is 0 Å². The molecular formula is C13H10Cl2N2O3S. The van der Waals surface area contributed by atoms with Crippen molar-refractivity contribution in [3.8, 4) is 0 Å². The molecule has 0 unspecified atom stereocenters. The fourth-order valence-corrected chi connectivity index (χ4v) is 3.17. The van der Waals surface area contributed by atoms with Crippen LogP contribution in [0.15, 0.2) is 41.3 Å². The van der Waals surface area contributed by atoms with E-state index in [0.717, 1.165) is 0 Å². The average molecular weight is 345 g/mol. The van der Waals surface area contributed by atoms with E-state index in [2.05, 4.69) is 10.3 Å². The summed E-state index contributed by atoms with van der Waals surface area (Å²) >= 11 is 5.84. The minimum atomic E-state index is -3.92. The van der Waals surface area contributed by atoms with Crippen LogP contribution in [-0.2, 0) is 9.05 Å². The normalized spacial score (nSPS) is 11.2. The van der Waals surface area contributed by atoms with Gasteiger partial charge in [-0.05, 0) is 37.3 Å². The fraction of sp³-hybridized carbons (Fsp3) is 0.0769. The van der Waals surface area contributed by atoms with Crippen LogP contribution in [0.1, 0.15) is 16.2 Å². The standard InChI is InChI=1S/C13H10Cl2N2O3S/c1-8-3-2-4-11(16-8)13(18)17-9-5-6-12(10(14)7-9)21(15,19)20/h2-7H,1H3,(H,17,18). The second-order valence-electron chi connectivity index (χ2n) is 4.20. The predicted molar refractivity (Wildman–Crippen MR) is 81.4 cm³/mol. The van der Waals surface area contributed by atoms with Crippen LogP contribution in [0.5, 0.6) is 0 Å². The average Bonchev–Trinajstić information content (AvgIpc) is 2.37. The maximum atomic E-state index is 12.0. The molecule has 2 aromatic rings. The third-order valence-corrected chi connectivity index (χ3v) is 4.38. The molecule has 2 rings (SSSR count). The van der Waals surface area contributed by atoms with Crippen molar-refractivity contribution < 1.29 is 13.2 Å². The summed E-state index contributed by atoms with van der Waals surface area (Å²) in [5.74, 6) is -0.420. The smallest absolute Gasteiger partial charge is 0.274 e. The molecule has 1 aromatic carbocycles. The Bertz CT molecular complexity index is 807. The minimum absolute atomic E-state index is 0.0694. The van der Waals surface area contributed by atoms with Gasteiger partial charge in [-0.25, -0.2) is 13.4 Å². The molecule has 21 heavy (non-hydrogen) atoms. The third kappa shape index (κ3) is 3.93. The minimum Gasteiger partial charge on any atom is -0.321 e. The molecule has 0 saturated carbocycles. The number of amides is 1. The van der Waals surface area contributed by atoms with E-state index in [1.54, 1.807) is 25.1 Å². The lowest BCUT2D eigenvalue weighted by atomic mass is 10.2. The largest absolute Gasteiger partial charge is 0.321 e. The zero-order chi connectivity index (χ0) is 15.6. The van der Waals surface area contributed by atoms with E-state index in [4.69, 9.17) is 22.3 Å². The summed E-state index contributed by atoms with van der Waals surface area (Å²) in [6.45, 7) is 1.77. The first-order valence-electron chi connectivity index (χ1n) is 5.76. The van der Waals surface area contributed by atoms with E-state index in [0.29, 0.717) is 11.4 Å². The van der Waals surface area contributed by atoms with E-state index >= 15 is 0 Å². The number of carbonyl (C=O) groups is 1. The first-order valence-corrected chi connectivity index (χ1v) is 8.45. The van der Waals surface area contributed by atoms with Crippen molar-refractivity contribution >= 4 is 42.9 Å². The number of anilines is 1. The Hall–Kier alpha value is -1.63. The van der Waals surface area contributed by atoms with Crippen molar-refractivity contribution in [1.82, 2.24) is 4.98 Å². The number of aryl methyl sites for hydroxylation is 1. The van der Waals surface area contributed by atoms with Gasteiger partial charge in [0.25, 0.3) is 15.0 Å². The van der Waals surface area contributed by atoms with Crippen LogP contribution in [-0.4, -0.2) is 19.3 Å². The molecule has 1 aromatic heterocycles. The Morgan fingerprint density at radius 2 is 1.95 bits per heavy atom. The summed E-state index contributed by atoms with van der Waals surface area (Å²) in [6, 6.07) is 8.99. The highest BCUT2D eigenvalue weighted by atomic mass is 35.7. The Labute approximate surface area is 131 Å². The highest BCUT2D eigenvalue weighted by Crippen LogP contribution is 2.27. The quantitative estimate of drug-likeness (QED) is 0.867. The SMILES string of the molecule is Cc1cccc(C(=O)Nc2ccc(S(=O)(=O)Cl)c(Cl)c2)n1. The maximum absolute atomic E-state index is 12.0. The van der Waals surface area contributed by atoms with Gasteiger partial charge in [-0.3, -0.25) is 4.79 Å². The topological polar surface area (TPSA) is 76.1 Å². The number of halogens is 2. The van der Waals surface area contributed by atoms with Gasteiger partial charge in [-0.2, -0.15) is 0 Å². The van der Waals surface area contributed by atoms with Crippen LogP contribution < -0.4 is 5.32 Å². The van der Waals surface area contributed by atoms with Gasteiger partial charge in [0.1, 0.15) is 10.6 Å².